The Morgan fingerprint density at radius 3 is 2.11 bits per heavy atom. The number of ketones is 2. The van der Waals surface area contributed by atoms with Crippen molar-refractivity contribution in [2.75, 3.05) is 0 Å². The zero-order valence-corrected chi connectivity index (χ0v) is 10.5. The van der Waals surface area contributed by atoms with Gasteiger partial charge in [-0.1, -0.05) is 0 Å². The van der Waals surface area contributed by atoms with Crippen LogP contribution in [-0.4, -0.2) is 23.8 Å². The van der Waals surface area contributed by atoms with Crippen LogP contribution in [0.4, 0.5) is 13.2 Å². The Kier molecular flexibility index (Phi) is 4.69. The molecule has 0 unspecified atom stereocenters. The van der Waals surface area contributed by atoms with Crippen LogP contribution in [0.2, 0.25) is 0 Å². The third-order valence-electron chi connectivity index (χ3n) is 2.19. The highest BCUT2D eigenvalue weighted by Crippen LogP contribution is 2.20. The fourth-order valence-corrected chi connectivity index (χ4v) is 1.34. The van der Waals surface area contributed by atoms with Crippen LogP contribution in [0.15, 0.2) is 24.3 Å². The monoisotopic (exact) mass is 274 g/mol. The third-order valence-corrected chi connectivity index (χ3v) is 2.19. The lowest BCUT2D eigenvalue weighted by Crippen LogP contribution is -2.25. The summed E-state index contributed by atoms with van der Waals surface area (Å²) in [6.07, 6.45) is -6.20. The summed E-state index contributed by atoms with van der Waals surface area (Å²) in [5.74, 6) is -2.40. The molecule has 0 saturated heterocycles. The van der Waals surface area contributed by atoms with E-state index in [1.54, 1.807) is 0 Å². The van der Waals surface area contributed by atoms with Crippen molar-refractivity contribution in [3.8, 4) is 5.75 Å². The number of Topliss-reactive ketones (excluding diaryl/α,β-unsaturated/α-hetero) is 2. The largest absolute Gasteiger partial charge is 0.491 e. The summed E-state index contributed by atoms with van der Waals surface area (Å²) < 4.78 is 41.4. The summed E-state index contributed by atoms with van der Waals surface area (Å²) in [5.41, 5.74) is 0.0497. The normalized spacial score (nSPS) is 11.5. The summed E-state index contributed by atoms with van der Waals surface area (Å²) in [6, 6.07) is 5.63. The Bertz CT molecular complexity index is 461. The smallest absolute Gasteiger partial charge is 0.450 e. The molecule has 6 heteroatoms. The van der Waals surface area contributed by atoms with E-state index in [4.69, 9.17) is 4.74 Å². The van der Waals surface area contributed by atoms with Crippen LogP contribution in [0.25, 0.3) is 0 Å². The lowest BCUT2D eigenvalue weighted by atomic mass is 10.1. The van der Waals surface area contributed by atoms with Crippen molar-refractivity contribution in [3.05, 3.63) is 29.8 Å². The van der Waals surface area contributed by atoms with E-state index in [9.17, 15) is 22.8 Å². The molecule has 0 N–H and O–H groups in total. The lowest BCUT2D eigenvalue weighted by Gasteiger charge is -2.10. The van der Waals surface area contributed by atoms with E-state index in [0.29, 0.717) is 5.75 Å². The first-order valence-electron chi connectivity index (χ1n) is 5.60. The summed E-state index contributed by atoms with van der Waals surface area (Å²) in [5, 5.41) is 0. The first kappa shape index (κ1) is 15.2. The van der Waals surface area contributed by atoms with E-state index in [0.717, 1.165) is 0 Å². The van der Waals surface area contributed by atoms with Gasteiger partial charge >= 0.3 is 6.18 Å². The highest BCUT2D eigenvalue weighted by Gasteiger charge is 2.39. The lowest BCUT2D eigenvalue weighted by molar-refractivity contribution is -0.170. The molecule has 0 radical (unpaired) electrons. The van der Waals surface area contributed by atoms with E-state index >= 15 is 0 Å². The van der Waals surface area contributed by atoms with Crippen LogP contribution in [0.1, 0.15) is 30.6 Å². The van der Waals surface area contributed by atoms with Gasteiger partial charge in [0, 0.05) is 5.56 Å². The van der Waals surface area contributed by atoms with Crippen LogP contribution in [0.3, 0.4) is 0 Å². The average molecular weight is 274 g/mol. The molecule has 0 saturated carbocycles. The zero-order valence-electron chi connectivity index (χ0n) is 10.5. The first-order valence-corrected chi connectivity index (χ1v) is 5.60. The Morgan fingerprint density at radius 2 is 1.68 bits per heavy atom. The van der Waals surface area contributed by atoms with Crippen LogP contribution in [-0.2, 0) is 4.79 Å². The molecule has 0 bridgehead atoms. The predicted octanol–water partition coefficient (Wildman–Crippen LogP) is 3.18. The van der Waals surface area contributed by atoms with Gasteiger partial charge in [0.15, 0.2) is 5.78 Å². The molecule has 0 aliphatic rings. The van der Waals surface area contributed by atoms with Crippen molar-refractivity contribution in [2.24, 2.45) is 0 Å². The van der Waals surface area contributed by atoms with Crippen LogP contribution >= 0.6 is 0 Å². The minimum absolute atomic E-state index is 0.0478. The third kappa shape index (κ3) is 4.73. The molecule has 0 spiro atoms. The predicted molar refractivity (Wildman–Crippen MR) is 62.2 cm³/mol. The summed E-state index contributed by atoms with van der Waals surface area (Å²) in [6.45, 7) is 3.64. The van der Waals surface area contributed by atoms with Gasteiger partial charge in [-0.25, -0.2) is 0 Å². The summed E-state index contributed by atoms with van der Waals surface area (Å²) >= 11 is 0. The van der Waals surface area contributed by atoms with Crippen molar-refractivity contribution in [1.82, 2.24) is 0 Å². The molecule has 0 aliphatic carbocycles. The van der Waals surface area contributed by atoms with E-state index in [1.807, 2.05) is 13.8 Å². The summed E-state index contributed by atoms with van der Waals surface area (Å²) in [4.78, 5) is 22.2. The van der Waals surface area contributed by atoms with Gasteiger partial charge in [0.1, 0.15) is 5.75 Å². The van der Waals surface area contributed by atoms with Gasteiger partial charge in [-0.05, 0) is 38.1 Å². The molecule has 1 rings (SSSR count). The maximum absolute atomic E-state index is 12.0. The quantitative estimate of drug-likeness (QED) is 0.612. The number of carbonyl (C=O) groups excluding carboxylic acids is 2. The Morgan fingerprint density at radius 1 is 1.16 bits per heavy atom. The van der Waals surface area contributed by atoms with E-state index in [2.05, 4.69) is 0 Å². The molecule has 0 aliphatic heterocycles. The minimum atomic E-state index is -4.98. The number of ether oxygens (including phenoxy) is 1. The van der Waals surface area contributed by atoms with Crippen molar-refractivity contribution < 1.29 is 27.5 Å². The molecule has 19 heavy (non-hydrogen) atoms. The Hall–Kier alpha value is -1.85. The number of alkyl halides is 3. The van der Waals surface area contributed by atoms with E-state index in [-0.39, 0.29) is 11.7 Å². The molecule has 0 atom stereocenters. The van der Waals surface area contributed by atoms with Crippen molar-refractivity contribution >= 4 is 11.6 Å². The van der Waals surface area contributed by atoms with Crippen molar-refractivity contribution in [2.45, 2.75) is 32.5 Å². The van der Waals surface area contributed by atoms with Gasteiger partial charge in [-0.15, -0.1) is 0 Å². The number of hydrogen-bond donors (Lipinski definition) is 0. The average Bonchev–Trinajstić information content (AvgIpc) is 2.27. The second kappa shape index (κ2) is 5.86. The number of rotatable bonds is 5. The minimum Gasteiger partial charge on any atom is -0.491 e. The van der Waals surface area contributed by atoms with Crippen LogP contribution in [0.5, 0.6) is 5.75 Å². The molecule has 1 aromatic rings. The summed E-state index contributed by atoms with van der Waals surface area (Å²) in [7, 11) is 0. The fraction of sp³-hybridized carbons (Fsp3) is 0.385. The van der Waals surface area contributed by atoms with Gasteiger partial charge < -0.3 is 4.74 Å². The van der Waals surface area contributed by atoms with Crippen LogP contribution in [0, 0.1) is 0 Å². The first-order chi connectivity index (χ1) is 8.70. The maximum atomic E-state index is 12.0. The second-order valence-electron chi connectivity index (χ2n) is 4.21. The van der Waals surface area contributed by atoms with Gasteiger partial charge in [0.2, 0.25) is 5.78 Å². The molecule has 0 aromatic heterocycles. The number of carbonyl (C=O) groups is 2. The topological polar surface area (TPSA) is 43.4 Å². The molecule has 104 valence electrons. The molecular weight excluding hydrogens is 261 g/mol. The van der Waals surface area contributed by atoms with Gasteiger partial charge in [0.25, 0.3) is 0 Å². The van der Waals surface area contributed by atoms with Gasteiger partial charge in [-0.3, -0.25) is 9.59 Å². The number of hydrogen-bond acceptors (Lipinski definition) is 3. The SMILES string of the molecule is CC(C)Oc1ccc(C(=O)CC(=O)C(F)(F)F)cc1. The number of benzene rings is 1. The van der Waals surface area contributed by atoms with E-state index < -0.39 is 24.2 Å². The van der Waals surface area contributed by atoms with E-state index in [1.165, 1.54) is 24.3 Å². The zero-order chi connectivity index (χ0) is 14.6. The highest BCUT2D eigenvalue weighted by atomic mass is 19.4. The van der Waals surface area contributed by atoms with Crippen molar-refractivity contribution in [1.29, 1.82) is 0 Å². The standard InChI is InChI=1S/C13H13F3O3/c1-8(2)19-10-5-3-9(4-6-10)11(17)7-12(18)13(14,15)16/h3-6,8H,7H2,1-2H3. The van der Waals surface area contributed by atoms with Gasteiger partial charge in [-0.2, -0.15) is 13.2 Å². The van der Waals surface area contributed by atoms with Crippen molar-refractivity contribution in [3.63, 3.8) is 0 Å². The Labute approximate surface area is 108 Å². The molecule has 0 amide bonds. The molecule has 3 nitrogen and oxygen atoms in total. The molecule has 0 fully saturated rings. The molecule has 0 heterocycles. The fourth-order valence-electron chi connectivity index (χ4n) is 1.34. The maximum Gasteiger partial charge on any atom is 0.450 e. The second-order valence-corrected chi connectivity index (χ2v) is 4.21. The number of halogens is 3. The van der Waals surface area contributed by atoms with Crippen LogP contribution < -0.4 is 4.74 Å². The molecule has 1 aromatic carbocycles. The Balaban J connectivity index is 2.71. The molecular formula is C13H13F3O3. The highest BCUT2D eigenvalue weighted by molar-refractivity contribution is 6.09. The van der Waals surface area contributed by atoms with Gasteiger partial charge in [0.05, 0.1) is 12.5 Å².